The van der Waals surface area contributed by atoms with E-state index in [0.29, 0.717) is 26.9 Å². The van der Waals surface area contributed by atoms with Gasteiger partial charge in [0.15, 0.2) is 18.1 Å². The predicted octanol–water partition coefficient (Wildman–Crippen LogP) is 2.95. The number of urea groups is 1. The number of imide groups is 1. The highest BCUT2D eigenvalue weighted by molar-refractivity contribution is 9.13. The molecule has 1 saturated heterocycles. The molecule has 1 aromatic carbocycles. The number of halogens is 2. The number of primary amides is 1. The van der Waals surface area contributed by atoms with Gasteiger partial charge in [-0.3, -0.25) is 14.5 Å². The number of rotatable bonds is 9. The second-order valence-corrected chi connectivity index (χ2v) is 8.33. The van der Waals surface area contributed by atoms with Crippen molar-refractivity contribution in [3.63, 3.8) is 0 Å². The highest BCUT2D eigenvalue weighted by Crippen LogP contribution is 2.43. The highest BCUT2D eigenvalue weighted by Gasteiger charge is 2.35. The topological polar surface area (TPSA) is 150 Å². The van der Waals surface area contributed by atoms with Crippen molar-refractivity contribution in [2.24, 2.45) is 5.73 Å². The van der Waals surface area contributed by atoms with E-state index in [1.54, 1.807) is 13.0 Å². The Morgan fingerprint density at radius 2 is 1.94 bits per heavy atom. The quantitative estimate of drug-likeness (QED) is 0.253. The number of benzene rings is 1. The van der Waals surface area contributed by atoms with Gasteiger partial charge in [0.25, 0.3) is 11.8 Å². The number of furan rings is 1. The van der Waals surface area contributed by atoms with Crippen LogP contribution in [0.4, 0.5) is 4.79 Å². The lowest BCUT2D eigenvalue weighted by Crippen LogP contribution is -2.30. The van der Waals surface area contributed by atoms with Crippen LogP contribution in [-0.4, -0.2) is 49.0 Å². The third kappa shape index (κ3) is 5.42. The van der Waals surface area contributed by atoms with Crippen molar-refractivity contribution in [3.8, 4) is 11.5 Å². The number of nitrogens with one attached hydrogen (secondary N) is 1. The molecular formula is C21H19Br2N3O8. The maximum atomic E-state index is 12.9. The van der Waals surface area contributed by atoms with Gasteiger partial charge < -0.3 is 29.7 Å². The Balaban J connectivity index is 1.88. The minimum absolute atomic E-state index is 0.00519. The van der Waals surface area contributed by atoms with Gasteiger partial charge in [0.2, 0.25) is 5.76 Å². The molecule has 2 aromatic rings. The van der Waals surface area contributed by atoms with Crippen LogP contribution in [0.15, 0.2) is 37.3 Å². The van der Waals surface area contributed by atoms with Crippen molar-refractivity contribution in [1.82, 2.24) is 10.2 Å². The second-order valence-electron chi connectivity index (χ2n) is 6.75. The smallest absolute Gasteiger partial charge is 0.373 e. The summed E-state index contributed by atoms with van der Waals surface area (Å²) in [4.78, 5) is 48.9. The minimum Gasteiger partial charge on any atom is -0.490 e. The average Bonchev–Trinajstić information content (AvgIpc) is 3.37. The van der Waals surface area contributed by atoms with Crippen LogP contribution in [-0.2, 0) is 20.9 Å². The maximum Gasteiger partial charge on any atom is 0.373 e. The van der Waals surface area contributed by atoms with Gasteiger partial charge in [-0.15, -0.1) is 0 Å². The van der Waals surface area contributed by atoms with E-state index in [2.05, 4.69) is 41.9 Å². The number of hydrogen-bond acceptors (Lipinski definition) is 8. The minimum atomic E-state index is -0.673. The van der Waals surface area contributed by atoms with Gasteiger partial charge in [-0.1, -0.05) is 0 Å². The van der Waals surface area contributed by atoms with Gasteiger partial charge in [0.05, 0.1) is 24.7 Å². The highest BCUT2D eigenvalue weighted by atomic mass is 79.9. The summed E-state index contributed by atoms with van der Waals surface area (Å²) >= 11 is 6.81. The van der Waals surface area contributed by atoms with E-state index in [1.165, 1.54) is 25.3 Å². The number of ether oxygens (including phenoxy) is 3. The normalized spacial score (nSPS) is 14.4. The molecule has 1 fully saturated rings. The van der Waals surface area contributed by atoms with Crippen molar-refractivity contribution in [1.29, 1.82) is 0 Å². The van der Waals surface area contributed by atoms with Crippen LogP contribution in [0.5, 0.6) is 11.5 Å². The van der Waals surface area contributed by atoms with Gasteiger partial charge in [0.1, 0.15) is 11.5 Å². The molecule has 3 N–H and O–H groups in total. The molecular weight excluding hydrogens is 582 g/mol. The first-order valence-corrected chi connectivity index (χ1v) is 11.3. The molecule has 0 radical (unpaired) electrons. The summed E-state index contributed by atoms with van der Waals surface area (Å²) in [5, 5.41) is 2.51. The zero-order chi connectivity index (χ0) is 25.0. The summed E-state index contributed by atoms with van der Waals surface area (Å²) in [6.45, 7) is 1.52. The van der Waals surface area contributed by atoms with Crippen LogP contribution >= 0.6 is 31.9 Å². The zero-order valence-electron chi connectivity index (χ0n) is 18.0. The van der Waals surface area contributed by atoms with E-state index in [9.17, 15) is 19.2 Å². The monoisotopic (exact) mass is 599 g/mol. The van der Waals surface area contributed by atoms with Gasteiger partial charge in [-0.2, -0.15) is 0 Å². The fourth-order valence-electron chi connectivity index (χ4n) is 2.95. The standard InChI is InChI=1S/C21H19Br2N3O8/c1-3-32-14-7-10(16(22)17(23)18(14)33-9-15(24)27)6-12-19(28)26(21(30)25-12)8-11-4-5-13(34-11)20(29)31-2/h4-7H,3,8-9H2,1-2H3,(H2,24,27)(H,25,30)/b12-6-. The predicted molar refractivity (Wildman–Crippen MR) is 125 cm³/mol. The van der Waals surface area contributed by atoms with Gasteiger partial charge in [0, 0.05) is 4.47 Å². The first-order chi connectivity index (χ1) is 16.2. The molecule has 1 aromatic heterocycles. The molecule has 13 heteroatoms. The van der Waals surface area contributed by atoms with E-state index in [0.717, 1.165) is 4.90 Å². The molecule has 1 aliphatic heterocycles. The summed E-state index contributed by atoms with van der Waals surface area (Å²) in [6.07, 6.45) is 1.46. The van der Waals surface area contributed by atoms with E-state index >= 15 is 0 Å². The van der Waals surface area contributed by atoms with Crippen LogP contribution in [0.3, 0.4) is 0 Å². The summed E-state index contributed by atoms with van der Waals surface area (Å²) in [7, 11) is 1.21. The van der Waals surface area contributed by atoms with Gasteiger partial charge in [-0.05, 0) is 68.6 Å². The molecule has 0 spiro atoms. The molecule has 34 heavy (non-hydrogen) atoms. The van der Waals surface area contributed by atoms with Gasteiger partial charge in [-0.25, -0.2) is 9.59 Å². The van der Waals surface area contributed by atoms with Crippen LogP contribution < -0.4 is 20.5 Å². The van der Waals surface area contributed by atoms with E-state index in [4.69, 9.17) is 19.6 Å². The van der Waals surface area contributed by atoms with E-state index < -0.39 is 23.8 Å². The van der Waals surface area contributed by atoms with E-state index in [1.807, 2.05) is 0 Å². The molecule has 3 rings (SSSR count). The third-order valence-electron chi connectivity index (χ3n) is 4.44. The number of amides is 4. The third-order valence-corrected chi connectivity index (χ3v) is 6.58. The second kappa shape index (κ2) is 10.7. The lowest BCUT2D eigenvalue weighted by atomic mass is 10.1. The number of methoxy groups -OCH3 is 1. The fraction of sp³-hybridized carbons (Fsp3) is 0.238. The average molecular weight is 601 g/mol. The molecule has 11 nitrogen and oxygen atoms in total. The molecule has 0 unspecified atom stereocenters. The van der Waals surface area contributed by atoms with Crippen molar-refractivity contribution < 1.29 is 37.8 Å². The SMILES string of the molecule is CCOc1cc(/C=C2\NC(=O)N(Cc3ccc(C(=O)OC)o3)C2=O)c(Br)c(Br)c1OCC(N)=O. The van der Waals surface area contributed by atoms with Gasteiger partial charge >= 0.3 is 12.0 Å². The van der Waals surface area contributed by atoms with Crippen molar-refractivity contribution in [2.75, 3.05) is 20.3 Å². The molecule has 0 saturated carbocycles. The summed E-state index contributed by atoms with van der Waals surface area (Å²) in [5.41, 5.74) is 5.65. The van der Waals surface area contributed by atoms with Crippen LogP contribution in [0.1, 0.15) is 28.8 Å². The number of hydrogen-bond donors (Lipinski definition) is 2. The van der Waals surface area contributed by atoms with Crippen molar-refractivity contribution in [3.05, 3.63) is 49.9 Å². The Hall–Kier alpha value is -3.32. The van der Waals surface area contributed by atoms with Crippen LogP contribution in [0.25, 0.3) is 6.08 Å². The number of nitrogens with two attached hydrogens (primary N) is 1. The Bertz CT molecular complexity index is 1190. The Labute approximate surface area is 210 Å². The number of esters is 1. The molecule has 2 heterocycles. The number of nitrogens with zero attached hydrogens (tertiary/aromatic N) is 1. The summed E-state index contributed by atoms with van der Waals surface area (Å²) in [5.74, 6) is -1.21. The number of carbonyl (C=O) groups is 4. The maximum absolute atomic E-state index is 12.9. The lowest BCUT2D eigenvalue weighted by Gasteiger charge is -2.16. The largest absolute Gasteiger partial charge is 0.490 e. The Morgan fingerprint density at radius 1 is 1.21 bits per heavy atom. The first-order valence-electron chi connectivity index (χ1n) is 9.73. The molecule has 0 atom stereocenters. The molecule has 1 aliphatic rings. The number of carbonyl (C=O) groups excluding carboxylic acids is 4. The summed E-state index contributed by atoms with van der Waals surface area (Å²) < 4.78 is 21.9. The molecule has 180 valence electrons. The summed E-state index contributed by atoms with van der Waals surface area (Å²) in [6, 6.07) is 3.79. The van der Waals surface area contributed by atoms with Crippen LogP contribution in [0, 0.1) is 0 Å². The zero-order valence-corrected chi connectivity index (χ0v) is 21.1. The molecule has 0 bridgehead atoms. The van der Waals surface area contributed by atoms with Crippen molar-refractivity contribution in [2.45, 2.75) is 13.5 Å². The first kappa shape index (κ1) is 25.3. The van der Waals surface area contributed by atoms with Crippen molar-refractivity contribution >= 4 is 61.8 Å². The fourth-order valence-corrected chi connectivity index (χ4v) is 3.90. The Morgan fingerprint density at radius 3 is 2.59 bits per heavy atom. The molecule has 4 amide bonds. The van der Waals surface area contributed by atoms with Crippen LogP contribution in [0.2, 0.25) is 0 Å². The lowest BCUT2D eigenvalue weighted by molar-refractivity contribution is -0.123. The Kier molecular flexibility index (Phi) is 7.99. The van der Waals surface area contributed by atoms with E-state index in [-0.39, 0.29) is 36.1 Å². The molecule has 0 aliphatic carbocycles.